The van der Waals surface area contributed by atoms with Crippen molar-refractivity contribution in [1.82, 2.24) is 10.3 Å². The van der Waals surface area contributed by atoms with Crippen molar-refractivity contribution in [1.29, 1.82) is 0 Å². The predicted octanol–water partition coefficient (Wildman–Crippen LogP) is 2.57. The summed E-state index contributed by atoms with van der Waals surface area (Å²) in [6.07, 6.45) is 3.60. The Morgan fingerprint density at radius 3 is 2.60 bits per heavy atom. The first-order valence-corrected chi connectivity index (χ1v) is 5.76. The van der Waals surface area contributed by atoms with Crippen molar-refractivity contribution < 1.29 is 4.42 Å². The average molecular weight is 314 g/mol. The van der Waals surface area contributed by atoms with Crippen molar-refractivity contribution in [3.63, 3.8) is 0 Å². The molecule has 0 aliphatic rings. The lowest BCUT2D eigenvalue weighted by Crippen LogP contribution is -2.11. The van der Waals surface area contributed by atoms with Crippen LogP contribution in [0.2, 0.25) is 0 Å². The van der Waals surface area contributed by atoms with E-state index in [1.807, 2.05) is 24.3 Å². The van der Waals surface area contributed by atoms with Crippen LogP contribution in [0.3, 0.4) is 0 Å². The molecule has 2 aromatic heterocycles. The fourth-order valence-electron chi connectivity index (χ4n) is 1.28. The summed E-state index contributed by atoms with van der Waals surface area (Å²) in [7, 11) is 0. The van der Waals surface area contributed by atoms with Gasteiger partial charge in [-0.3, -0.25) is 4.98 Å². The van der Waals surface area contributed by atoms with Gasteiger partial charge in [-0.1, -0.05) is 0 Å². The number of nitrogens with zero attached hydrogens (tertiary/aromatic N) is 1. The molecule has 0 saturated heterocycles. The van der Waals surface area contributed by atoms with Crippen molar-refractivity contribution in [2.24, 2.45) is 0 Å². The van der Waals surface area contributed by atoms with Gasteiger partial charge in [-0.15, -0.1) is 0 Å². The zero-order valence-corrected chi connectivity index (χ0v) is 10.3. The van der Waals surface area contributed by atoms with Crippen LogP contribution in [-0.2, 0) is 13.1 Å². The highest BCUT2D eigenvalue weighted by molar-refractivity contribution is 14.1. The average Bonchev–Trinajstić information content (AvgIpc) is 2.66. The first-order chi connectivity index (χ1) is 7.34. The summed E-state index contributed by atoms with van der Waals surface area (Å²) in [5.41, 5.74) is 1.23. The van der Waals surface area contributed by atoms with E-state index in [0.717, 1.165) is 22.6 Å². The molecule has 0 fully saturated rings. The lowest BCUT2D eigenvalue weighted by molar-refractivity contribution is 0.463. The van der Waals surface area contributed by atoms with E-state index in [9.17, 15) is 0 Å². The second kappa shape index (κ2) is 5.27. The number of furan rings is 1. The van der Waals surface area contributed by atoms with Gasteiger partial charge < -0.3 is 9.73 Å². The molecular formula is C11H11IN2O. The third kappa shape index (κ3) is 3.32. The standard InChI is InChI=1S/C11H11IN2O/c12-11-2-1-10(15-11)8-14-7-9-3-5-13-6-4-9/h1-6,14H,7-8H2. The van der Waals surface area contributed by atoms with Crippen LogP contribution in [0.15, 0.2) is 41.1 Å². The second-order valence-electron chi connectivity index (χ2n) is 3.16. The van der Waals surface area contributed by atoms with Crippen LogP contribution < -0.4 is 5.32 Å². The normalized spacial score (nSPS) is 10.5. The fraction of sp³-hybridized carbons (Fsp3) is 0.182. The van der Waals surface area contributed by atoms with Gasteiger partial charge in [0, 0.05) is 18.9 Å². The highest BCUT2D eigenvalue weighted by Gasteiger charge is 1.98. The van der Waals surface area contributed by atoms with E-state index < -0.39 is 0 Å². The third-order valence-corrected chi connectivity index (χ3v) is 2.59. The number of rotatable bonds is 4. The summed E-state index contributed by atoms with van der Waals surface area (Å²) in [5, 5.41) is 3.31. The van der Waals surface area contributed by atoms with Gasteiger partial charge in [0.1, 0.15) is 5.76 Å². The van der Waals surface area contributed by atoms with E-state index in [2.05, 4.69) is 32.9 Å². The summed E-state index contributed by atoms with van der Waals surface area (Å²) in [4.78, 5) is 3.97. The molecule has 0 atom stereocenters. The number of hydrogen-bond acceptors (Lipinski definition) is 3. The largest absolute Gasteiger partial charge is 0.454 e. The highest BCUT2D eigenvalue weighted by Crippen LogP contribution is 2.09. The molecule has 2 aromatic rings. The van der Waals surface area contributed by atoms with E-state index in [1.165, 1.54) is 5.56 Å². The maximum Gasteiger partial charge on any atom is 0.164 e. The molecule has 0 aliphatic carbocycles. The van der Waals surface area contributed by atoms with Crippen molar-refractivity contribution in [2.45, 2.75) is 13.1 Å². The maximum absolute atomic E-state index is 5.43. The number of aromatic nitrogens is 1. The molecule has 0 saturated carbocycles. The van der Waals surface area contributed by atoms with Crippen molar-refractivity contribution >= 4 is 22.6 Å². The van der Waals surface area contributed by atoms with Crippen LogP contribution in [0.1, 0.15) is 11.3 Å². The van der Waals surface area contributed by atoms with Gasteiger partial charge in [0.05, 0.1) is 6.54 Å². The summed E-state index contributed by atoms with van der Waals surface area (Å²) in [5.74, 6) is 0.966. The van der Waals surface area contributed by atoms with Crippen molar-refractivity contribution in [3.05, 3.63) is 51.7 Å². The Hall–Kier alpha value is -0.880. The maximum atomic E-state index is 5.43. The van der Waals surface area contributed by atoms with Gasteiger partial charge in [-0.2, -0.15) is 0 Å². The number of nitrogens with one attached hydrogen (secondary N) is 1. The summed E-state index contributed by atoms with van der Waals surface area (Å²) in [6.45, 7) is 1.59. The molecule has 1 N–H and O–H groups in total. The molecule has 0 amide bonds. The zero-order chi connectivity index (χ0) is 10.5. The molecular weight excluding hydrogens is 303 g/mol. The number of halogens is 1. The van der Waals surface area contributed by atoms with Crippen LogP contribution in [-0.4, -0.2) is 4.98 Å². The molecule has 3 nitrogen and oxygen atoms in total. The van der Waals surface area contributed by atoms with Gasteiger partial charge in [0.15, 0.2) is 3.77 Å². The summed E-state index contributed by atoms with van der Waals surface area (Å²) >= 11 is 2.16. The van der Waals surface area contributed by atoms with Gasteiger partial charge >= 0.3 is 0 Å². The lowest BCUT2D eigenvalue weighted by Gasteiger charge is -2.01. The Kier molecular flexibility index (Phi) is 3.74. The molecule has 78 valence electrons. The summed E-state index contributed by atoms with van der Waals surface area (Å²) < 4.78 is 6.36. The Bertz CT molecular complexity index is 414. The van der Waals surface area contributed by atoms with E-state index in [0.29, 0.717) is 0 Å². The van der Waals surface area contributed by atoms with Gasteiger partial charge in [0.2, 0.25) is 0 Å². The quantitative estimate of drug-likeness (QED) is 0.882. The van der Waals surface area contributed by atoms with E-state index in [4.69, 9.17) is 4.42 Å². The monoisotopic (exact) mass is 314 g/mol. The molecule has 0 aliphatic heterocycles. The Balaban J connectivity index is 1.80. The molecule has 2 heterocycles. The molecule has 0 aromatic carbocycles. The highest BCUT2D eigenvalue weighted by atomic mass is 127. The Morgan fingerprint density at radius 1 is 1.13 bits per heavy atom. The van der Waals surface area contributed by atoms with Gasteiger partial charge in [0.25, 0.3) is 0 Å². The minimum absolute atomic E-state index is 0.755. The first kappa shape index (κ1) is 10.6. The molecule has 0 bridgehead atoms. The van der Waals surface area contributed by atoms with Crippen molar-refractivity contribution in [3.8, 4) is 0 Å². The Morgan fingerprint density at radius 2 is 1.93 bits per heavy atom. The minimum Gasteiger partial charge on any atom is -0.454 e. The molecule has 15 heavy (non-hydrogen) atoms. The Labute approximate surface area is 102 Å². The third-order valence-electron chi connectivity index (χ3n) is 2.01. The zero-order valence-electron chi connectivity index (χ0n) is 8.11. The molecule has 0 unspecified atom stereocenters. The van der Waals surface area contributed by atoms with E-state index in [-0.39, 0.29) is 0 Å². The van der Waals surface area contributed by atoms with Gasteiger partial charge in [-0.25, -0.2) is 0 Å². The smallest absolute Gasteiger partial charge is 0.164 e. The minimum atomic E-state index is 0.755. The topological polar surface area (TPSA) is 38.1 Å². The first-order valence-electron chi connectivity index (χ1n) is 4.68. The number of hydrogen-bond donors (Lipinski definition) is 1. The predicted molar refractivity (Wildman–Crippen MR) is 66.2 cm³/mol. The van der Waals surface area contributed by atoms with Crippen LogP contribution in [0, 0.1) is 3.77 Å². The lowest BCUT2D eigenvalue weighted by atomic mass is 10.3. The van der Waals surface area contributed by atoms with Crippen LogP contribution in [0.25, 0.3) is 0 Å². The second-order valence-corrected chi connectivity index (χ2v) is 4.23. The van der Waals surface area contributed by atoms with E-state index >= 15 is 0 Å². The molecule has 4 heteroatoms. The SMILES string of the molecule is Ic1ccc(CNCc2ccncc2)o1. The van der Waals surface area contributed by atoms with Gasteiger partial charge in [-0.05, 0) is 52.4 Å². The molecule has 2 rings (SSSR count). The molecule has 0 spiro atoms. The fourth-order valence-corrected chi connectivity index (χ4v) is 1.74. The van der Waals surface area contributed by atoms with Crippen LogP contribution in [0.4, 0.5) is 0 Å². The summed E-state index contributed by atoms with van der Waals surface area (Å²) in [6, 6.07) is 7.95. The van der Waals surface area contributed by atoms with Crippen LogP contribution >= 0.6 is 22.6 Å². The number of pyridine rings is 1. The van der Waals surface area contributed by atoms with E-state index in [1.54, 1.807) is 12.4 Å². The van der Waals surface area contributed by atoms with Crippen molar-refractivity contribution in [2.75, 3.05) is 0 Å². The molecule has 0 radical (unpaired) electrons. The van der Waals surface area contributed by atoms with Crippen LogP contribution in [0.5, 0.6) is 0 Å².